The fourth-order valence-electron chi connectivity index (χ4n) is 1.93. The molecule has 1 unspecified atom stereocenters. The van der Waals surface area contributed by atoms with Crippen molar-refractivity contribution in [3.63, 3.8) is 0 Å². The third kappa shape index (κ3) is 4.47. The van der Waals surface area contributed by atoms with Crippen molar-refractivity contribution in [2.75, 3.05) is 30.7 Å². The van der Waals surface area contributed by atoms with Crippen molar-refractivity contribution in [1.82, 2.24) is 4.90 Å². The van der Waals surface area contributed by atoms with Crippen molar-refractivity contribution >= 4 is 17.3 Å². The van der Waals surface area contributed by atoms with E-state index >= 15 is 0 Å². The number of aliphatic hydroxyl groups excluding tert-OH is 1. The summed E-state index contributed by atoms with van der Waals surface area (Å²) in [5.41, 5.74) is 5.93. The number of halogens is 1. The van der Waals surface area contributed by atoms with Gasteiger partial charge >= 0.3 is 0 Å². The van der Waals surface area contributed by atoms with Gasteiger partial charge in [0, 0.05) is 18.8 Å². The number of nitrogens with two attached hydrogens (primary N) is 1. The highest BCUT2D eigenvalue weighted by molar-refractivity contribution is 5.94. The smallest absolute Gasteiger partial charge is 0.241 e. The van der Waals surface area contributed by atoms with Crippen molar-refractivity contribution in [1.29, 1.82) is 0 Å². The van der Waals surface area contributed by atoms with Crippen LogP contribution in [0.1, 0.15) is 20.3 Å². The Kier molecular flexibility index (Phi) is 6.41. The van der Waals surface area contributed by atoms with E-state index in [1.165, 1.54) is 18.2 Å². The van der Waals surface area contributed by atoms with Gasteiger partial charge in [0.05, 0.1) is 11.7 Å². The maximum absolute atomic E-state index is 13.0. The van der Waals surface area contributed by atoms with Gasteiger partial charge in [-0.15, -0.1) is 0 Å². The van der Waals surface area contributed by atoms with E-state index in [9.17, 15) is 9.18 Å². The van der Waals surface area contributed by atoms with Crippen LogP contribution in [0, 0.1) is 5.82 Å². The molecule has 0 heterocycles. The van der Waals surface area contributed by atoms with E-state index in [0.717, 1.165) is 0 Å². The van der Waals surface area contributed by atoms with Gasteiger partial charge in [0.15, 0.2) is 0 Å². The van der Waals surface area contributed by atoms with Gasteiger partial charge < -0.3 is 16.2 Å². The summed E-state index contributed by atoms with van der Waals surface area (Å²) in [7, 11) is 0. The summed E-state index contributed by atoms with van der Waals surface area (Å²) in [5.74, 6) is -0.690. The third-order valence-corrected chi connectivity index (χ3v) is 3.20. The Morgan fingerprint density at radius 3 is 2.80 bits per heavy atom. The molecular weight excluding hydrogens is 261 g/mol. The van der Waals surface area contributed by atoms with E-state index in [1.807, 2.05) is 11.8 Å². The highest BCUT2D eigenvalue weighted by Crippen LogP contribution is 2.17. The standard InChI is InChI=1S/C14H22FN3O2/c1-3-18(7-4-8-19)10(2)14(20)17-11-5-6-12(15)13(16)9-11/h5-6,9-10,19H,3-4,7-8,16H2,1-2H3,(H,17,20). The van der Waals surface area contributed by atoms with Gasteiger partial charge in [0.2, 0.25) is 5.91 Å². The van der Waals surface area contributed by atoms with Crippen molar-refractivity contribution in [2.45, 2.75) is 26.3 Å². The van der Waals surface area contributed by atoms with Gasteiger partial charge in [-0.05, 0) is 38.1 Å². The SMILES string of the molecule is CCN(CCCO)C(C)C(=O)Nc1ccc(F)c(N)c1. The Bertz CT molecular complexity index is 454. The second kappa shape index (κ2) is 7.81. The number of carbonyl (C=O) groups is 1. The average molecular weight is 283 g/mol. The summed E-state index contributed by atoms with van der Waals surface area (Å²) in [6, 6.07) is 3.75. The number of amides is 1. The van der Waals surface area contributed by atoms with Crippen LogP contribution in [0.3, 0.4) is 0 Å². The van der Waals surface area contributed by atoms with Crippen molar-refractivity contribution in [3.8, 4) is 0 Å². The van der Waals surface area contributed by atoms with Gasteiger partial charge in [0.25, 0.3) is 0 Å². The van der Waals surface area contributed by atoms with Crippen molar-refractivity contribution in [3.05, 3.63) is 24.0 Å². The molecule has 0 spiro atoms. The number of nitrogen functional groups attached to an aromatic ring is 1. The third-order valence-electron chi connectivity index (χ3n) is 3.20. The van der Waals surface area contributed by atoms with Crippen LogP contribution < -0.4 is 11.1 Å². The molecule has 6 heteroatoms. The summed E-state index contributed by atoms with van der Waals surface area (Å²) >= 11 is 0. The number of anilines is 2. The number of benzene rings is 1. The first-order valence-corrected chi connectivity index (χ1v) is 6.70. The lowest BCUT2D eigenvalue weighted by Gasteiger charge is -2.26. The molecule has 4 N–H and O–H groups in total. The first-order valence-electron chi connectivity index (χ1n) is 6.70. The molecule has 0 saturated heterocycles. The molecule has 1 amide bonds. The summed E-state index contributed by atoms with van der Waals surface area (Å²) in [6.45, 7) is 5.20. The molecule has 0 bridgehead atoms. The first-order chi connectivity index (χ1) is 9.49. The Morgan fingerprint density at radius 1 is 1.55 bits per heavy atom. The molecule has 0 aliphatic heterocycles. The highest BCUT2D eigenvalue weighted by atomic mass is 19.1. The summed E-state index contributed by atoms with van der Waals surface area (Å²) in [4.78, 5) is 14.1. The topological polar surface area (TPSA) is 78.6 Å². The Labute approximate surface area is 118 Å². The minimum atomic E-state index is -0.505. The van der Waals surface area contributed by atoms with Crippen LogP contribution in [0.4, 0.5) is 15.8 Å². The lowest BCUT2D eigenvalue weighted by atomic mass is 10.2. The van der Waals surface area contributed by atoms with Gasteiger partial charge in [-0.25, -0.2) is 4.39 Å². The Balaban J connectivity index is 2.66. The largest absolute Gasteiger partial charge is 0.396 e. The molecule has 0 aliphatic carbocycles. The average Bonchev–Trinajstić information content (AvgIpc) is 2.43. The first kappa shape index (κ1) is 16.4. The Hall–Kier alpha value is -1.66. The molecule has 0 fully saturated rings. The summed E-state index contributed by atoms with van der Waals surface area (Å²) in [5, 5.41) is 11.6. The van der Waals surface area contributed by atoms with E-state index in [-0.39, 0.29) is 24.2 Å². The minimum absolute atomic E-state index is 0.00285. The van der Waals surface area contributed by atoms with Crippen LogP contribution in [0.15, 0.2) is 18.2 Å². The van der Waals surface area contributed by atoms with Crippen molar-refractivity contribution < 1.29 is 14.3 Å². The lowest BCUT2D eigenvalue weighted by Crippen LogP contribution is -2.42. The van der Waals surface area contributed by atoms with Crippen LogP contribution in [-0.2, 0) is 4.79 Å². The molecule has 112 valence electrons. The summed E-state index contributed by atoms with van der Waals surface area (Å²) in [6.07, 6.45) is 0.620. The van der Waals surface area contributed by atoms with Crippen LogP contribution in [-0.4, -0.2) is 41.7 Å². The maximum Gasteiger partial charge on any atom is 0.241 e. The number of carbonyl (C=O) groups excluding carboxylic acids is 1. The molecule has 0 aliphatic rings. The quantitative estimate of drug-likeness (QED) is 0.662. The second-order valence-electron chi connectivity index (χ2n) is 4.61. The Morgan fingerprint density at radius 2 is 2.25 bits per heavy atom. The number of hydrogen-bond acceptors (Lipinski definition) is 4. The molecule has 5 nitrogen and oxygen atoms in total. The van der Waals surface area contributed by atoms with Gasteiger partial charge in [-0.1, -0.05) is 6.92 Å². The molecule has 1 atom stereocenters. The van der Waals surface area contributed by atoms with Crippen LogP contribution in [0.2, 0.25) is 0 Å². The number of hydrogen-bond donors (Lipinski definition) is 3. The molecule has 1 aromatic rings. The predicted molar refractivity (Wildman–Crippen MR) is 77.9 cm³/mol. The number of nitrogens with one attached hydrogen (secondary N) is 1. The van der Waals surface area contributed by atoms with E-state index in [1.54, 1.807) is 6.92 Å². The number of rotatable bonds is 7. The zero-order valence-electron chi connectivity index (χ0n) is 11.9. The molecule has 1 rings (SSSR count). The molecule has 0 saturated carbocycles. The molecule has 0 radical (unpaired) electrons. The maximum atomic E-state index is 13.0. The summed E-state index contributed by atoms with van der Waals surface area (Å²) < 4.78 is 13.0. The van der Waals surface area contributed by atoms with Crippen LogP contribution in [0.25, 0.3) is 0 Å². The van der Waals surface area contributed by atoms with E-state index in [2.05, 4.69) is 5.32 Å². The predicted octanol–water partition coefficient (Wildman–Crippen LogP) is 1.44. The zero-order chi connectivity index (χ0) is 15.1. The zero-order valence-corrected chi connectivity index (χ0v) is 11.9. The molecular formula is C14H22FN3O2. The van der Waals surface area contributed by atoms with Gasteiger partial charge in [-0.2, -0.15) is 0 Å². The fraction of sp³-hybridized carbons (Fsp3) is 0.500. The van der Waals surface area contributed by atoms with Crippen molar-refractivity contribution in [2.24, 2.45) is 0 Å². The number of likely N-dealkylation sites (N-methyl/N-ethyl adjacent to an activating group) is 1. The lowest BCUT2D eigenvalue weighted by molar-refractivity contribution is -0.120. The fourth-order valence-corrected chi connectivity index (χ4v) is 1.93. The monoisotopic (exact) mass is 283 g/mol. The number of aliphatic hydroxyl groups is 1. The van der Waals surface area contributed by atoms with E-state index in [4.69, 9.17) is 10.8 Å². The second-order valence-corrected chi connectivity index (χ2v) is 4.61. The molecule has 0 aromatic heterocycles. The van der Waals surface area contributed by atoms with Gasteiger partial charge in [0.1, 0.15) is 5.82 Å². The number of nitrogens with zero attached hydrogens (tertiary/aromatic N) is 1. The molecule has 1 aromatic carbocycles. The van der Waals surface area contributed by atoms with E-state index < -0.39 is 5.82 Å². The van der Waals surface area contributed by atoms with E-state index in [0.29, 0.717) is 25.2 Å². The van der Waals surface area contributed by atoms with Crippen LogP contribution >= 0.6 is 0 Å². The van der Waals surface area contributed by atoms with Gasteiger partial charge in [-0.3, -0.25) is 9.69 Å². The van der Waals surface area contributed by atoms with Crippen LogP contribution in [0.5, 0.6) is 0 Å². The minimum Gasteiger partial charge on any atom is -0.396 e. The normalized spacial score (nSPS) is 12.4. The highest BCUT2D eigenvalue weighted by Gasteiger charge is 2.19. The molecule has 20 heavy (non-hydrogen) atoms.